The van der Waals surface area contributed by atoms with Crippen molar-refractivity contribution in [1.82, 2.24) is 9.80 Å². The number of ether oxygens (including phenoxy) is 2. The molecule has 4 aromatic rings. The van der Waals surface area contributed by atoms with Crippen molar-refractivity contribution >= 4 is 0 Å². The average Bonchev–Trinajstić information content (AvgIpc) is 3.99. The van der Waals surface area contributed by atoms with Gasteiger partial charge in [-0.3, -0.25) is 0 Å². The van der Waals surface area contributed by atoms with Crippen LogP contribution in [0, 0.1) is 11.8 Å². The predicted molar refractivity (Wildman–Crippen MR) is 190 cm³/mol. The second-order valence-electron chi connectivity index (χ2n) is 14.1. The first-order valence-electron chi connectivity index (χ1n) is 17.9. The Hall–Kier alpha value is -3.36. The SMILES string of the molecule is OC(COC1CN2CCC1CC2)(c1ccccc1)c1ccccc1.OC1CN2CCC1CC2.c1ccc(C2(c3ccccc3)CO2)cc1. The average molecular weight is 647 g/mol. The molecule has 2 unspecified atom stereocenters. The summed E-state index contributed by atoms with van der Waals surface area (Å²) < 4.78 is 12.0. The van der Waals surface area contributed by atoms with Crippen LogP contribution in [0.1, 0.15) is 47.9 Å². The summed E-state index contributed by atoms with van der Waals surface area (Å²) in [5.41, 5.74) is 3.00. The van der Waals surface area contributed by atoms with Crippen LogP contribution in [0.2, 0.25) is 0 Å². The van der Waals surface area contributed by atoms with E-state index in [9.17, 15) is 10.2 Å². The molecule has 0 spiro atoms. The molecule has 7 aliphatic heterocycles. The normalized spacial score (nSPS) is 28.0. The van der Waals surface area contributed by atoms with Crippen molar-refractivity contribution in [2.24, 2.45) is 11.8 Å². The molecule has 4 bridgehead atoms. The molecule has 0 amide bonds. The molecular weight excluding hydrogens is 596 g/mol. The van der Waals surface area contributed by atoms with Crippen LogP contribution in [-0.4, -0.2) is 84.7 Å². The van der Waals surface area contributed by atoms with Crippen LogP contribution in [-0.2, 0) is 20.7 Å². The molecule has 0 aliphatic carbocycles. The van der Waals surface area contributed by atoms with Gasteiger partial charge in [0.15, 0.2) is 0 Å². The third-order valence-electron chi connectivity index (χ3n) is 11.1. The third-order valence-corrected chi connectivity index (χ3v) is 11.1. The Morgan fingerprint density at radius 1 is 0.625 bits per heavy atom. The predicted octanol–water partition coefficient (Wildman–Crippen LogP) is 6.07. The smallest absolute Gasteiger partial charge is 0.142 e. The lowest BCUT2D eigenvalue weighted by Gasteiger charge is -2.45. The van der Waals surface area contributed by atoms with Gasteiger partial charge < -0.3 is 29.5 Å². The highest BCUT2D eigenvalue weighted by atomic mass is 16.6. The van der Waals surface area contributed by atoms with Crippen LogP contribution in [0.25, 0.3) is 0 Å². The van der Waals surface area contributed by atoms with E-state index < -0.39 is 5.60 Å². The van der Waals surface area contributed by atoms with Crippen molar-refractivity contribution in [2.45, 2.75) is 49.1 Å². The fraction of sp³-hybridized carbons (Fsp3) is 0.429. The van der Waals surface area contributed by atoms with Crippen molar-refractivity contribution in [3.63, 3.8) is 0 Å². The van der Waals surface area contributed by atoms with Gasteiger partial charge in [0.1, 0.15) is 11.2 Å². The molecule has 6 heteroatoms. The fourth-order valence-electron chi connectivity index (χ4n) is 8.01. The van der Waals surface area contributed by atoms with Gasteiger partial charge in [-0.05, 0) is 86.0 Å². The van der Waals surface area contributed by atoms with E-state index in [1.54, 1.807) is 0 Å². The first-order chi connectivity index (χ1) is 23.5. The molecule has 2 atom stereocenters. The summed E-state index contributed by atoms with van der Waals surface area (Å²) in [5, 5.41) is 20.9. The van der Waals surface area contributed by atoms with E-state index in [4.69, 9.17) is 9.47 Å². The number of epoxide rings is 1. The number of hydrogen-bond acceptors (Lipinski definition) is 6. The van der Waals surface area contributed by atoms with Crippen molar-refractivity contribution < 1.29 is 19.7 Å². The number of nitrogens with zero attached hydrogens (tertiary/aromatic N) is 2. The largest absolute Gasteiger partial charge is 0.392 e. The van der Waals surface area contributed by atoms with E-state index in [0.717, 1.165) is 30.8 Å². The summed E-state index contributed by atoms with van der Waals surface area (Å²) in [6.45, 7) is 7.88. The van der Waals surface area contributed by atoms with Crippen molar-refractivity contribution in [1.29, 1.82) is 0 Å². The molecule has 7 saturated heterocycles. The molecule has 252 valence electrons. The highest BCUT2D eigenvalue weighted by Crippen LogP contribution is 2.44. The Bertz CT molecular complexity index is 1450. The molecule has 4 aromatic carbocycles. The Labute approximate surface area is 285 Å². The lowest BCUT2D eigenvalue weighted by molar-refractivity contribution is -0.112. The second kappa shape index (κ2) is 15.0. The Kier molecular flexibility index (Phi) is 10.4. The van der Waals surface area contributed by atoms with E-state index in [-0.39, 0.29) is 17.8 Å². The molecule has 2 N–H and O–H groups in total. The van der Waals surface area contributed by atoms with Gasteiger partial charge in [0, 0.05) is 13.1 Å². The number of benzene rings is 4. The number of piperidine rings is 6. The zero-order valence-corrected chi connectivity index (χ0v) is 27.9. The minimum absolute atomic E-state index is 0.00694. The number of aliphatic hydroxyl groups excluding tert-OH is 1. The summed E-state index contributed by atoms with van der Waals surface area (Å²) in [5.74, 6) is 1.28. The van der Waals surface area contributed by atoms with Crippen LogP contribution in [0.5, 0.6) is 0 Å². The number of hydrogen-bond donors (Lipinski definition) is 2. The summed E-state index contributed by atoms with van der Waals surface area (Å²) in [7, 11) is 0. The Morgan fingerprint density at radius 3 is 1.38 bits per heavy atom. The highest BCUT2D eigenvalue weighted by Gasteiger charge is 2.48. The van der Waals surface area contributed by atoms with E-state index in [1.807, 2.05) is 72.8 Å². The number of fused-ring (bicyclic) bond motifs is 6. The van der Waals surface area contributed by atoms with Gasteiger partial charge in [-0.25, -0.2) is 0 Å². The van der Waals surface area contributed by atoms with Crippen LogP contribution in [0.3, 0.4) is 0 Å². The van der Waals surface area contributed by atoms with Gasteiger partial charge in [0.25, 0.3) is 0 Å². The number of rotatable bonds is 7. The van der Waals surface area contributed by atoms with Gasteiger partial charge in [-0.1, -0.05) is 121 Å². The quantitative estimate of drug-likeness (QED) is 0.238. The molecule has 7 aliphatic rings. The molecule has 0 radical (unpaired) electrons. The maximum absolute atomic E-state index is 11.5. The van der Waals surface area contributed by atoms with Gasteiger partial charge >= 0.3 is 0 Å². The first-order valence-corrected chi connectivity index (χ1v) is 17.9. The van der Waals surface area contributed by atoms with Crippen LogP contribution < -0.4 is 0 Å². The lowest BCUT2D eigenvalue weighted by Crippen LogP contribution is -2.52. The molecule has 7 heterocycles. The van der Waals surface area contributed by atoms with Crippen LogP contribution >= 0.6 is 0 Å². The minimum atomic E-state index is -1.10. The molecule has 48 heavy (non-hydrogen) atoms. The van der Waals surface area contributed by atoms with E-state index >= 15 is 0 Å². The number of aliphatic hydroxyl groups is 2. The van der Waals surface area contributed by atoms with E-state index in [1.165, 1.54) is 63.0 Å². The van der Waals surface area contributed by atoms with Crippen LogP contribution in [0.15, 0.2) is 121 Å². The fourth-order valence-corrected chi connectivity index (χ4v) is 8.01. The summed E-state index contributed by atoms with van der Waals surface area (Å²) in [6.07, 6.45) is 5.13. The molecule has 7 fully saturated rings. The summed E-state index contributed by atoms with van der Waals surface area (Å²) in [6, 6.07) is 40.5. The van der Waals surface area contributed by atoms with E-state index in [0.29, 0.717) is 18.4 Å². The zero-order chi connectivity index (χ0) is 32.8. The minimum Gasteiger partial charge on any atom is -0.392 e. The molecule has 0 saturated carbocycles. The zero-order valence-electron chi connectivity index (χ0n) is 27.9. The Morgan fingerprint density at radius 2 is 1.04 bits per heavy atom. The third kappa shape index (κ3) is 7.45. The van der Waals surface area contributed by atoms with E-state index in [2.05, 4.69) is 58.3 Å². The van der Waals surface area contributed by atoms with Gasteiger partial charge in [-0.15, -0.1) is 0 Å². The summed E-state index contributed by atoms with van der Waals surface area (Å²) >= 11 is 0. The molecule has 6 nitrogen and oxygen atoms in total. The highest BCUT2D eigenvalue weighted by molar-refractivity contribution is 5.40. The Balaban J connectivity index is 0.000000128. The molecule has 11 rings (SSSR count). The van der Waals surface area contributed by atoms with Crippen LogP contribution in [0.4, 0.5) is 0 Å². The van der Waals surface area contributed by atoms with Crippen molar-refractivity contribution in [2.75, 3.05) is 52.5 Å². The molecular formula is C42H50N2O4. The topological polar surface area (TPSA) is 68.7 Å². The summed E-state index contributed by atoms with van der Waals surface area (Å²) in [4.78, 5) is 4.83. The molecule has 0 aromatic heterocycles. The monoisotopic (exact) mass is 646 g/mol. The van der Waals surface area contributed by atoms with Gasteiger partial charge in [-0.2, -0.15) is 0 Å². The van der Waals surface area contributed by atoms with Gasteiger partial charge in [0.2, 0.25) is 0 Å². The van der Waals surface area contributed by atoms with Gasteiger partial charge in [0.05, 0.1) is 25.4 Å². The van der Waals surface area contributed by atoms with Crippen molar-refractivity contribution in [3.8, 4) is 0 Å². The second-order valence-corrected chi connectivity index (χ2v) is 14.1. The van der Waals surface area contributed by atoms with Crippen molar-refractivity contribution in [3.05, 3.63) is 144 Å². The standard InChI is InChI=1S/C21H25NO2.C14H12O.C7H13NO/c23-21(18-7-3-1-4-8-18,19-9-5-2-6-10-19)16-24-20-15-22-13-11-17(20)12-14-22;1-3-7-12(8-4-1)14(11-15-14)13-9-5-2-6-10-13;9-7-5-8-3-1-6(7)2-4-8/h1-10,17,20,23H,11-16H2;1-10H,11H2;6-7,9H,1-5H2. The lowest BCUT2D eigenvalue weighted by atomic mass is 9.84. The first kappa shape index (κ1) is 33.2. The maximum Gasteiger partial charge on any atom is 0.142 e. The maximum atomic E-state index is 11.5.